The van der Waals surface area contributed by atoms with Gasteiger partial charge >= 0.3 is 5.97 Å². The first-order valence-corrected chi connectivity index (χ1v) is 7.84. The standard InChI is InChI=1S/C19H26O3/c1-7-8-13-12(4)14(10-15(13)20)19(17(21)22)16(9-11(2)3)18(19,5)6/h7,9,14,16H,1,8,10H2,2-6H3,(H,21,22). The largest absolute Gasteiger partial charge is 0.481 e. The summed E-state index contributed by atoms with van der Waals surface area (Å²) < 4.78 is 0. The zero-order chi connectivity index (χ0) is 16.9. The maximum atomic E-state index is 12.3. The first kappa shape index (κ1) is 16.7. The number of carbonyl (C=O) groups is 2. The van der Waals surface area contributed by atoms with Crippen molar-refractivity contribution in [1.82, 2.24) is 0 Å². The van der Waals surface area contributed by atoms with Gasteiger partial charge in [-0.25, -0.2) is 0 Å². The van der Waals surface area contributed by atoms with Gasteiger partial charge in [0.25, 0.3) is 0 Å². The zero-order valence-corrected chi connectivity index (χ0v) is 14.2. The highest BCUT2D eigenvalue weighted by Crippen LogP contribution is 2.75. The van der Waals surface area contributed by atoms with Gasteiger partial charge in [-0.3, -0.25) is 9.59 Å². The molecule has 0 bridgehead atoms. The van der Waals surface area contributed by atoms with Crippen molar-refractivity contribution in [3.05, 3.63) is 35.5 Å². The number of hydrogen-bond donors (Lipinski definition) is 1. The Labute approximate surface area is 132 Å². The number of aliphatic carboxylic acids is 1. The summed E-state index contributed by atoms with van der Waals surface area (Å²) in [5.41, 5.74) is 1.63. The zero-order valence-electron chi connectivity index (χ0n) is 14.2. The Hall–Kier alpha value is -1.64. The third-order valence-corrected chi connectivity index (χ3v) is 5.73. The molecule has 2 rings (SSSR count). The summed E-state index contributed by atoms with van der Waals surface area (Å²) in [5, 5.41) is 10.0. The SMILES string of the molecule is C=CCC1=C(C)C(C2(C(=O)O)C(C=C(C)C)C2(C)C)CC1=O. The lowest BCUT2D eigenvalue weighted by Gasteiger charge is -2.24. The number of carbonyl (C=O) groups excluding carboxylic acids is 1. The monoisotopic (exact) mass is 302 g/mol. The lowest BCUT2D eigenvalue weighted by Crippen LogP contribution is -2.31. The predicted molar refractivity (Wildman–Crippen MR) is 87.4 cm³/mol. The van der Waals surface area contributed by atoms with Crippen molar-refractivity contribution in [2.24, 2.45) is 22.7 Å². The van der Waals surface area contributed by atoms with Gasteiger partial charge < -0.3 is 5.11 Å². The summed E-state index contributed by atoms with van der Waals surface area (Å²) in [6.45, 7) is 13.6. The second kappa shape index (κ2) is 5.22. The number of ketones is 1. The van der Waals surface area contributed by atoms with Gasteiger partial charge in [-0.1, -0.05) is 37.1 Å². The van der Waals surface area contributed by atoms with Gasteiger partial charge in [0, 0.05) is 18.3 Å². The summed E-state index contributed by atoms with van der Waals surface area (Å²) in [5.74, 6) is -0.931. The van der Waals surface area contributed by atoms with Crippen LogP contribution in [0.3, 0.4) is 0 Å². The second-order valence-electron chi connectivity index (χ2n) is 7.45. The van der Waals surface area contributed by atoms with E-state index in [0.717, 1.165) is 16.7 Å². The molecule has 0 spiro atoms. The Bertz CT molecular complexity index is 602. The fourth-order valence-corrected chi connectivity index (χ4v) is 4.55. The molecule has 0 saturated heterocycles. The Morgan fingerprint density at radius 1 is 1.41 bits per heavy atom. The first-order chi connectivity index (χ1) is 10.1. The fourth-order valence-electron chi connectivity index (χ4n) is 4.55. The molecule has 1 N–H and O–H groups in total. The van der Waals surface area contributed by atoms with Crippen molar-refractivity contribution in [2.45, 2.75) is 47.5 Å². The van der Waals surface area contributed by atoms with Crippen molar-refractivity contribution in [3.8, 4) is 0 Å². The predicted octanol–water partition coefficient (Wildman–Crippen LogP) is 4.16. The van der Waals surface area contributed by atoms with Gasteiger partial charge in [0.15, 0.2) is 5.78 Å². The minimum Gasteiger partial charge on any atom is -0.481 e. The quantitative estimate of drug-likeness (QED) is 0.776. The number of carboxylic acid groups (broad SMARTS) is 1. The highest BCUT2D eigenvalue weighted by atomic mass is 16.4. The second-order valence-corrected chi connectivity index (χ2v) is 7.45. The highest BCUT2D eigenvalue weighted by Gasteiger charge is 2.78. The molecule has 0 heterocycles. The fraction of sp³-hybridized carbons (Fsp3) is 0.579. The van der Waals surface area contributed by atoms with Crippen LogP contribution in [-0.2, 0) is 9.59 Å². The molecule has 1 saturated carbocycles. The van der Waals surface area contributed by atoms with Gasteiger partial charge in [-0.15, -0.1) is 6.58 Å². The van der Waals surface area contributed by atoms with E-state index >= 15 is 0 Å². The summed E-state index contributed by atoms with van der Waals surface area (Å²) in [6.07, 6.45) is 4.64. The third kappa shape index (κ3) is 2.02. The molecule has 3 atom stereocenters. The van der Waals surface area contributed by atoms with E-state index in [9.17, 15) is 14.7 Å². The number of hydrogen-bond acceptors (Lipinski definition) is 2. The average molecular weight is 302 g/mol. The van der Waals surface area contributed by atoms with Crippen molar-refractivity contribution < 1.29 is 14.7 Å². The molecule has 2 aliphatic rings. The van der Waals surface area contributed by atoms with Gasteiger partial charge in [0.2, 0.25) is 0 Å². The molecule has 0 aromatic rings. The summed E-state index contributed by atoms with van der Waals surface area (Å²) in [7, 11) is 0. The van der Waals surface area contributed by atoms with E-state index in [1.165, 1.54) is 0 Å². The van der Waals surface area contributed by atoms with Crippen LogP contribution >= 0.6 is 0 Å². The smallest absolute Gasteiger partial charge is 0.311 e. The number of Topliss-reactive ketones (excluding diaryl/α,β-unsaturated/α-hetero) is 1. The highest BCUT2D eigenvalue weighted by molar-refractivity contribution is 6.00. The van der Waals surface area contributed by atoms with Crippen molar-refractivity contribution in [3.63, 3.8) is 0 Å². The van der Waals surface area contributed by atoms with Crippen LogP contribution < -0.4 is 0 Å². The normalized spacial score (nSPS) is 32.9. The molecule has 3 nitrogen and oxygen atoms in total. The minimum absolute atomic E-state index is 0.0293. The van der Waals surface area contributed by atoms with E-state index in [2.05, 4.69) is 12.7 Å². The molecule has 0 aromatic carbocycles. The van der Waals surface area contributed by atoms with Crippen LogP contribution in [-0.4, -0.2) is 16.9 Å². The first-order valence-electron chi connectivity index (χ1n) is 7.84. The third-order valence-electron chi connectivity index (χ3n) is 5.73. The van der Waals surface area contributed by atoms with Crippen LogP contribution in [0.15, 0.2) is 35.5 Å². The molecule has 0 radical (unpaired) electrons. The van der Waals surface area contributed by atoms with E-state index in [0.29, 0.717) is 12.8 Å². The molecular formula is C19H26O3. The lowest BCUT2D eigenvalue weighted by molar-refractivity contribution is -0.147. The van der Waals surface area contributed by atoms with Crippen molar-refractivity contribution in [1.29, 1.82) is 0 Å². The van der Waals surface area contributed by atoms with Crippen LogP contribution in [0.4, 0.5) is 0 Å². The molecule has 120 valence electrons. The van der Waals surface area contributed by atoms with Gasteiger partial charge in [0.05, 0.1) is 5.41 Å². The number of allylic oxidation sites excluding steroid dienone is 5. The molecule has 0 aromatic heterocycles. The Balaban J connectivity index is 2.53. The van der Waals surface area contributed by atoms with E-state index in [1.54, 1.807) is 6.08 Å². The molecule has 0 aliphatic heterocycles. The Kier molecular flexibility index (Phi) is 3.97. The van der Waals surface area contributed by atoms with E-state index in [4.69, 9.17) is 0 Å². The van der Waals surface area contributed by atoms with Gasteiger partial charge in [-0.05, 0) is 38.2 Å². The van der Waals surface area contributed by atoms with E-state index in [1.807, 2.05) is 34.6 Å². The van der Waals surface area contributed by atoms with Gasteiger partial charge in [-0.2, -0.15) is 0 Å². The van der Waals surface area contributed by atoms with Crippen LogP contribution in [0.1, 0.15) is 47.5 Å². The molecule has 1 fully saturated rings. The average Bonchev–Trinajstić information content (AvgIpc) is 2.73. The number of carboxylic acids is 1. The summed E-state index contributed by atoms with van der Waals surface area (Å²) in [6, 6.07) is 0. The molecule has 2 aliphatic carbocycles. The van der Waals surface area contributed by atoms with E-state index in [-0.39, 0.29) is 23.0 Å². The molecule has 3 unspecified atom stereocenters. The van der Waals surface area contributed by atoms with Crippen LogP contribution in [0, 0.1) is 22.7 Å². The molecule has 22 heavy (non-hydrogen) atoms. The van der Waals surface area contributed by atoms with Gasteiger partial charge in [0.1, 0.15) is 0 Å². The van der Waals surface area contributed by atoms with Crippen LogP contribution in [0.25, 0.3) is 0 Å². The topological polar surface area (TPSA) is 54.4 Å². The summed E-state index contributed by atoms with van der Waals surface area (Å²) in [4.78, 5) is 24.5. The Morgan fingerprint density at radius 3 is 2.45 bits per heavy atom. The van der Waals surface area contributed by atoms with E-state index < -0.39 is 11.4 Å². The molecule has 0 amide bonds. The number of rotatable bonds is 5. The van der Waals surface area contributed by atoms with Crippen LogP contribution in [0.2, 0.25) is 0 Å². The maximum absolute atomic E-state index is 12.3. The summed E-state index contributed by atoms with van der Waals surface area (Å²) >= 11 is 0. The lowest BCUT2D eigenvalue weighted by atomic mass is 9.78. The van der Waals surface area contributed by atoms with Crippen molar-refractivity contribution >= 4 is 11.8 Å². The Morgan fingerprint density at radius 2 is 2.00 bits per heavy atom. The van der Waals surface area contributed by atoms with Crippen molar-refractivity contribution in [2.75, 3.05) is 0 Å². The maximum Gasteiger partial charge on any atom is 0.311 e. The van der Waals surface area contributed by atoms with Crippen LogP contribution in [0.5, 0.6) is 0 Å². The molecule has 3 heteroatoms. The molecular weight excluding hydrogens is 276 g/mol. The minimum atomic E-state index is -0.868.